The molecule has 2 atom stereocenters. The van der Waals surface area contributed by atoms with Crippen molar-refractivity contribution in [3.63, 3.8) is 0 Å². The van der Waals surface area contributed by atoms with Gasteiger partial charge in [-0.15, -0.1) is 0 Å². The van der Waals surface area contributed by atoms with Crippen LogP contribution < -0.4 is 14.8 Å². The molecular weight excluding hydrogens is 382 g/mol. The standard InChI is InChI=1S/C24H29NO5/c1-17(10-11-19-8-6-5-7-9-19)25-24(27)18(2)30-23(26)15-13-20-12-14-21(28-3)16-22(20)29-4/h5-9,12-18H,10-11H2,1-4H3,(H,25,27)/b15-13+/t17-,18-/m1/s1. The number of aryl methyl sites for hydroxylation is 1. The van der Waals surface area contributed by atoms with E-state index in [0.717, 1.165) is 12.8 Å². The predicted molar refractivity (Wildman–Crippen MR) is 117 cm³/mol. The van der Waals surface area contributed by atoms with Crippen molar-refractivity contribution < 1.29 is 23.8 Å². The minimum absolute atomic E-state index is 0.0297. The van der Waals surface area contributed by atoms with Crippen LogP contribution in [-0.4, -0.2) is 38.2 Å². The van der Waals surface area contributed by atoms with E-state index >= 15 is 0 Å². The Morgan fingerprint density at radius 2 is 1.77 bits per heavy atom. The maximum atomic E-state index is 12.3. The Morgan fingerprint density at radius 3 is 2.43 bits per heavy atom. The van der Waals surface area contributed by atoms with Crippen LogP contribution in [0.25, 0.3) is 6.08 Å². The smallest absolute Gasteiger partial charge is 0.331 e. The van der Waals surface area contributed by atoms with Gasteiger partial charge in [-0.1, -0.05) is 30.3 Å². The lowest BCUT2D eigenvalue weighted by Crippen LogP contribution is -2.40. The molecule has 0 fully saturated rings. The summed E-state index contributed by atoms with van der Waals surface area (Å²) in [6.45, 7) is 3.49. The molecule has 2 aromatic carbocycles. The van der Waals surface area contributed by atoms with Crippen LogP contribution in [-0.2, 0) is 20.7 Å². The lowest BCUT2D eigenvalue weighted by atomic mass is 10.1. The minimum atomic E-state index is -0.890. The van der Waals surface area contributed by atoms with E-state index in [4.69, 9.17) is 14.2 Å². The molecule has 160 valence electrons. The van der Waals surface area contributed by atoms with E-state index in [-0.39, 0.29) is 11.9 Å². The fourth-order valence-electron chi connectivity index (χ4n) is 2.84. The first kappa shape index (κ1) is 23.0. The highest BCUT2D eigenvalue weighted by atomic mass is 16.5. The topological polar surface area (TPSA) is 73.9 Å². The van der Waals surface area contributed by atoms with Gasteiger partial charge in [0.15, 0.2) is 6.10 Å². The largest absolute Gasteiger partial charge is 0.497 e. The molecule has 6 nitrogen and oxygen atoms in total. The Morgan fingerprint density at radius 1 is 1.03 bits per heavy atom. The summed E-state index contributed by atoms with van der Waals surface area (Å²) in [5, 5.41) is 2.89. The predicted octanol–water partition coefficient (Wildman–Crippen LogP) is 3.79. The third-order valence-electron chi connectivity index (χ3n) is 4.60. The van der Waals surface area contributed by atoms with Crippen molar-refractivity contribution in [2.75, 3.05) is 14.2 Å². The van der Waals surface area contributed by atoms with Gasteiger partial charge in [0.1, 0.15) is 11.5 Å². The molecule has 0 saturated carbocycles. The van der Waals surface area contributed by atoms with Crippen molar-refractivity contribution in [3.8, 4) is 11.5 Å². The fourth-order valence-corrected chi connectivity index (χ4v) is 2.84. The summed E-state index contributed by atoms with van der Waals surface area (Å²) in [7, 11) is 3.10. The second-order valence-electron chi connectivity index (χ2n) is 6.95. The summed E-state index contributed by atoms with van der Waals surface area (Å²) in [4.78, 5) is 24.4. The number of methoxy groups -OCH3 is 2. The Kier molecular flexibility index (Phi) is 8.94. The normalized spacial score (nSPS) is 12.8. The maximum Gasteiger partial charge on any atom is 0.331 e. The molecule has 0 heterocycles. The molecule has 0 aliphatic heterocycles. The molecule has 2 rings (SSSR count). The van der Waals surface area contributed by atoms with Crippen LogP contribution >= 0.6 is 0 Å². The molecule has 0 radical (unpaired) electrons. The molecule has 0 aromatic heterocycles. The quantitative estimate of drug-likeness (QED) is 0.476. The highest BCUT2D eigenvalue weighted by Crippen LogP contribution is 2.25. The molecule has 0 saturated heterocycles. The number of carbonyl (C=O) groups excluding carboxylic acids is 2. The highest BCUT2D eigenvalue weighted by Gasteiger charge is 2.18. The van der Waals surface area contributed by atoms with Gasteiger partial charge in [-0.05, 0) is 50.5 Å². The summed E-state index contributed by atoms with van der Waals surface area (Å²) in [5.74, 6) is 0.293. The number of amides is 1. The SMILES string of the molecule is COc1ccc(/C=C/C(=O)O[C@H](C)C(=O)N[C@H](C)CCc2ccccc2)c(OC)c1. The monoisotopic (exact) mass is 411 g/mol. The third-order valence-corrected chi connectivity index (χ3v) is 4.60. The summed E-state index contributed by atoms with van der Waals surface area (Å²) in [6, 6.07) is 15.3. The second kappa shape index (κ2) is 11.7. The van der Waals surface area contributed by atoms with Gasteiger partial charge in [0.25, 0.3) is 5.91 Å². The van der Waals surface area contributed by atoms with Gasteiger partial charge in [0, 0.05) is 23.7 Å². The van der Waals surface area contributed by atoms with Crippen molar-refractivity contribution in [1.82, 2.24) is 5.32 Å². The molecule has 0 unspecified atom stereocenters. The molecule has 0 spiro atoms. The van der Waals surface area contributed by atoms with Gasteiger partial charge in [-0.25, -0.2) is 4.79 Å². The number of ether oxygens (including phenoxy) is 3. The van der Waals surface area contributed by atoms with E-state index < -0.39 is 12.1 Å². The number of rotatable bonds is 10. The van der Waals surface area contributed by atoms with Crippen molar-refractivity contribution in [2.24, 2.45) is 0 Å². The van der Waals surface area contributed by atoms with Crippen LogP contribution in [0.3, 0.4) is 0 Å². The Balaban J connectivity index is 1.82. The molecule has 0 aliphatic carbocycles. The van der Waals surface area contributed by atoms with Gasteiger partial charge >= 0.3 is 5.97 Å². The van der Waals surface area contributed by atoms with Crippen molar-refractivity contribution >= 4 is 18.0 Å². The first-order valence-electron chi connectivity index (χ1n) is 9.88. The van der Waals surface area contributed by atoms with Gasteiger partial charge in [-0.2, -0.15) is 0 Å². The Bertz CT molecular complexity index is 863. The Labute approximate surface area is 177 Å². The van der Waals surface area contributed by atoms with Crippen LogP contribution in [0.1, 0.15) is 31.4 Å². The minimum Gasteiger partial charge on any atom is -0.497 e. The zero-order chi connectivity index (χ0) is 21.9. The molecular formula is C24H29NO5. The molecule has 30 heavy (non-hydrogen) atoms. The number of hydrogen-bond donors (Lipinski definition) is 1. The highest BCUT2D eigenvalue weighted by molar-refractivity contribution is 5.90. The van der Waals surface area contributed by atoms with E-state index in [2.05, 4.69) is 17.4 Å². The van der Waals surface area contributed by atoms with E-state index in [1.807, 2.05) is 25.1 Å². The zero-order valence-corrected chi connectivity index (χ0v) is 17.9. The average Bonchev–Trinajstić information content (AvgIpc) is 2.76. The van der Waals surface area contributed by atoms with Gasteiger partial charge < -0.3 is 19.5 Å². The maximum absolute atomic E-state index is 12.3. The van der Waals surface area contributed by atoms with Crippen LogP contribution in [0, 0.1) is 0 Å². The van der Waals surface area contributed by atoms with Crippen molar-refractivity contribution in [1.29, 1.82) is 0 Å². The summed E-state index contributed by atoms with van der Waals surface area (Å²) >= 11 is 0. The average molecular weight is 411 g/mol. The van der Waals surface area contributed by atoms with Crippen LogP contribution in [0.2, 0.25) is 0 Å². The second-order valence-corrected chi connectivity index (χ2v) is 6.95. The molecule has 0 aliphatic rings. The zero-order valence-electron chi connectivity index (χ0n) is 17.9. The molecule has 1 amide bonds. The molecule has 2 aromatic rings. The van der Waals surface area contributed by atoms with E-state index in [0.29, 0.717) is 17.1 Å². The van der Waals surface area contributed by atoms with Crippen LogP contribution in [0.4, 0.5) is 0 Å². The third kappa shape index (κ3) is 7.28. The molecule has 1 N–H and O–H groups in total. The number of benzene rings is 2. The fraction of sp³-hybridized carbons (Fsp3) is 0.333. The number of esters is 1. The van der Waals surface area contributed by atoms with Crippen molar-refractivity contribution in [3.05, 3.63) is 65.7 Å². The first-order chi connectivity index (χ1) is 14.4. The number of carbonyl (C=O) groups is 2. The number of hydrogen-bond acceptors (Lipinski definition) is 5. The lowest BCUT2D eigenvalue weighted by molar-refractivity contribution is -0.150. The summed E-state index contributed by atoms with van der Waals surface area (Å²) in [6.07, 6.45) is 3.62. The summed E-state index contributed by atoms with van der Waals surface area (Å²) in [5.41, 5.74) is 1.92. The molecule has 0 bridgehead atoms. The van der Waals surface area contributed by atoms with Gasteiger partial charge in [-0.3, -0.25) is 4.79 Å². The summed E-state index contributed by atoms with van der Waals surface area (Å²) < 4.78 is 15.7. The Hall–Kier alpha value is -3.28. The van der Waals surface area contributed by atoms with E-state index in [1.165, 1.54) is 18.7 Å². The van der Waals surface area contributed by atoms with Gasteiger partial charge in [0.05, 0.1) is 14.2 Å². The van der Waals surface area contributed by atoms with Crippen LogP contribution in [0.5, 0.6) is 11.5 Å². The van der Waals surface area contributed by atoms with Crippen molar-refractivity contribution in [2.45, 2.75) is 38.8 Å². The lowest BCUT2D eigenvalue weighted by Gasteiger charge is -2.17. The van der Waals surface area contributed by atoms with E-state index in [9.17, 15) is 9.59 Å². The number of nitrogens with one attached hydrogen (secondary N) is 1. The first-order valence-corrected chi connectivity index (χ1v) is 9.88. The van der Waals surface area contributed by atoms with Gasteiger partial charge in [0.2, 0.25) is 0 Å². The van der Waals surface area contributed by atoms with Crippen LogP contribution in [0.15, 0.2) is 54.6 Å². The molecule has 6 heteroatoms. The van der Waals surface area contributed by atoms with E-state index in [1.54, 1.807) is 38.3 Å².